The first-order chi connectivity index (χ1) is 6.86. The minimum atomic E-state index is 0.833. The molecule has 1 saturated heterocycles. The van der Waals surface area contributed by atoms with E-state index in [2.05, 4.69) is 38.0 Å². The van der Waals surface area contributed by atoms with E-state index in [9.17, 15) is 0 Å². The van der Waals surface area contributed by atoms with Crippen LogP contribution in [0.2, 0.25) is 0 Å². The van der Waals surface area contributed by atoms with Gasteiger partial charge in [0, 0.05) is 18.9 Å². The second-order valence-electron chi connectivity index (χ2n) is 3.47. The molecule has 0 bridgehead atoms. The molecule has 1 unspecified atom stereocenters. The molecule has 1 N–H and O–H groups in total. The monoisotopic (exact) mass is 272 g/mol. The number of hydrogen-bond acceptors (Lipinski definition) is 3. The summed E-state index contributed by atoms with van der Waals surface area (Å²) in [6.07, 6.45) is 4.99. The van der Waals surface area contributed by atoms with Crippen molar-refractivity contribution in [2.75, 3.05) is 23.4 Å². The van der Waals surface area contributed by atoms with Crippen LogP contribution in [0.4, 0.5) is 5.69 Å². The van der Waals surface area contributed by atoms with E-state index in [1.54, 1.807) is 0 Å². The van der Waals surface area contributed by atoms with Crippen molar-refractivity contribution in [2.45, 2.75) is 6.42 Å². The lowest BCUT2D eigenvalue weighted by atomic mass is 10.1. The minimum absolute atomic E-state index is 0.833. The topological polar surface area (TPSA) is 24.9 Å². The maximum atomic E-state index is 4.03. The molecular weight excluding hydrogens is 260 g/mol. The molecular formula is C10H13BrN2S. The summed E-state index contributed by atoms with van der Waals surface area (Å²) in [5, 5.41) is 3.45. The highest BCUT2D eigenvalue weighted by Crippen LogP contribution is 2.25. The van der Waals surface area contributed by atoms with E-state index in [-0.39, 0.29) is 0 Å². The van der Waals surface area contributed by atoms with Gasteiger partial charge in [-0.15, -0.1) is 0 Å². The van der Waals surface area contributed by atoms with Crippen molar-refractivity contribution in [3.8, 4) is 0 Å². The Morgan fingerprint density at radius 2 is 2.57 bits per heavy atom. The Bertz CT molecular complexity index is 300. The van der Waals surface area contributed by atoms with Crippen LogP contribution in [0.5, 0.6) is 0 Å². The van der Waals surface area contributed by atoms with Crippen LogP contribution in [0.25, 0.3) is 0 Å². The summed E-state index contributed by atoms with van der Waals surface area (Å²) in [6.45, 7) is 1.08. The number of halogens is 1. The van der Waals surface area contributed by atoms with Crippen LogP contribution in [0, 0.1) is 5.92 Å². The molecule has 4 heteroatoms. The van der Waals surface area contributed by atoms with Crippen LogP contribution in [0.15, 0.2) is 22.9 Å². The lowest BCUT2D eigenvalue weighted by Gasteiger charge is -2.11. The van der Waals surface area contributed by atoms with Crippen molar-refractivity contribution in [3.63, 3.8) is 0 Å². The summed E-state index contributed by atoms with van der Waals surface area (Å²) in [5.74, 6) is 3.46. The Kier molecular flexibility index (Phi) is 3.70. The number of aromatic nitrogens is 1. The van der Waals surface area contributed by atoms with Crippen LogP contribution < -0.4 is 5.32 Å². The number of nitrogens with zero attached hydrogens (tertiary/aromatic N) is 1. The van der Waals surface area contributed by atoms with E-state index in [0.717, 1.165) is 22.6 Å². The standard InChI is InChI=1S/C10H13BrN2S/c11-9-6-12-3-1-10(9)13-5-8-2-4-14-7-8/h1,3,6,8H,2,4-5,7H2,(H,12,13). The van der Waals surface area contributed by atoms with Gasteiger partial charge in [0.1, 0.15) is 0 Å². The number of hydrogen-bond donors (Lipinski definition) is 1. The van der Waals surface area contributed by atoms with Gasteiger partial charge in [-0.2, -0.15) is 11.8 Å². The zero-order valence-corrected chi connectivity index (χ0v) is 10.3. The van der Waals surface area contributed by atoms with Gasteiger partial charge in [0.2, 0.25) is 0 Å². The third-order valence-corrected chi connectivity index (χ3v) is 4.24. The predicted molar refractivity (Wildman–Crippen MR) is 65.9 cm³/mol. The van der Waals surface area contributed by atoms with Crippen LogP contribution in [0.1, 0.15) is 6.42 Å². The average Bonchev–Trinajstić information content (AvgIpc) is 2.69. The van der Waals surface area contributed by atoms with Gasteiger partial charge < -0.3 is 5.32 Å². The zero-order chi connectivity index (χ0) is 9.80. The highest BCUT2D eigenvalue weighted by Gasteiger charge is 2.15. The summed E-state index contributed by atoms with van der Waals surface area (Å²) < 4.78 is 1.05. The van der Waals surface area contributed by atoms with E-state index < -0.39 is 0 Å². The summed E-state index contributed by atoms with van der Waals surface area (Å²) in [6, 6.07) is 2.01. The van der Waals surface area contributed by atoms with Gasteiger partial charge in [-0.05, 0) is 45.8 Å². The second-order valence-corrected chi connectivity index (χ2v) is 5.47. The van der Waals surface area contributed by atoms with Crippen molar-refractivity contribution in [2.24, 2.45) is 5.92 Å². The molecule has 0 saturated carbocycles. The van der Waals surface area contributed by atoms with E-state index in [0.29, 0.717) is 0 Å². The van der Waals surface area contributed by atoms with Crippen LogP contribution in [-0.2, 0) is 0 Å². The minimum Gasteiger partial charge on any atom is -0.384 e. The molecule has 0 spiro atoms. The predicted octanol–water partition coefficient (Wildman–Crippen LogP) is 3.01. The third kappa shape index (κ3) is 2.64. The van der Waals surface area contributed by atoms with Crippen molar-refractivity contribution in [1.82, 2.24) is 4.98 Å². The first-order valence-corrected chi connectivity index (χ1v) is 6.72. The lowest BCUT2D eigenvalue weighted by Crippen LogP contribution is -2.13. The molecule has 0 aromatic carbocycles. The summed E-state index contributed by atoms with van der Waals surface area (Å²) in [5.41, 5.74) is 1.15. The van der Waals surface area contributed by atoms with Gasteiger partial charge in [-0.3, -0.25) is 4.98 Å². The highest BCUT2D eigenvalue weighted by molar-refractivity contribution is 9.10. The first kappa shape index (κ1) is 10.3. The average molecular weight is 273 g/mol. The molecule has 1 fully saturated rings. The summed E-state index contributed by atoms with van der Waals surface area (Å²) in [7, 11) is 0. The van der Waals surface area contributed by atoms with Gasteiger partial charge in [-0.25, -0.2) is 0 Å². The molecule has 0 radical (unpaired) electrons. The normalized spacial score (nSPS) is 21.1. The molecule has 1 aliphatic heterocycles. The molecule has 14 heavy (non-hydrogen) atoms. The fourth-order valence-electron chi connectivity index (χ4n) is 1.52. The van der Waals surface area contributed by atoms with Gasteiger partial charge in [-0.1, -0.05) is 0 Å². The Labute approximate surface area is 97.0 Å². The van der Waals surface area contributed by atoms with Gasteiger partial charge in [0.25, 0.3) is 0 Å². The largest absolute Gasteiger partial charge is 0.384 e. The number of thioether (sulfide) groups is 1. The maximum absolute atomic E-state index is 4.03. The van der Waals surface area contributed by atoms with Crippen molar-refractivity contribution in [1.29, 1.82) is 0 Å². The van der Waals surface area contributed by atoms with Gasteiger partial charge in [0.15, 0.2) is 0 Å². The zero-order valence-electron chi connectivity index (χ0n) is 7.87. The second kappa shape index (κ2) is 5.03. The molecule has 76 valence electrons. The van der Waals surface area contributed by atoms with Gasteiger partial charge >= 0.3 is 0 Å². The quantitative estimate of drug-likeness (QED) is 0.916. The fraction of sp³-hybridized carbons (Fsp3) is 0.500. The first-order valence-electron chi connectivity index (χ1n) is 4.77. The van der Waals surface area contributed by atoms with E-state index in [4.69, 9.17) is 0 Å². The fourth-order valence-corrected chi connectivity index (χ4v) is 3.19. The van der Waals surface area contributed by atoms with Crippen LogP contribution in [-0.4, -0.2) is 23.0 Å². The smallest absolute Gasteiger partial charge is 0.0590 e. The van der Waals surface area contributed by atoms with Crippen molar-refractivity contribution >= 4 is 33.4 Å². The number of anilines is 1. The SMILES string of the molecule is Brc1cnccc1NCC1CCSC1. The molecule has 2 nitrogen and oxygen atoms in total. The van der Waals surface area contributed by atoms with E-state index in [1.807, 2.05) is 18.5 Å². The maximum Gasteiger partial charge on any atom is 0.0590 e. The summed E-state index contributed by atoms with van der Waals surface area (Å²) >= 11 is 5.53. The van der Waals surface area contributed by atoms with Crippen LogP contribution in [0.3, 0.4) is 0 Å². The van der Waals surface area contributed by atoms with Crippen LogP contribution >= 0.6 is 27.7 Å². The molecule has 1 aliphatic rings. The van der Waals surface area contributed by atoms with Crippen molar-refractivity contribution < 1.29 is 0 Å². The Morgan fingerprint density at radius 1 is 1.64 bits per heavy atom. The molecule has 0 aliphatic carbocycles. The van der Waals surface area contributed by atoms with Crippen molar-refractivity contribution in [3.05, 3.63) is 22.9 Å². The Balaban J connectivity index is 1.88. The molecule has 2 rings (SSSR count). The third-order valence-electron chi connectivity index (χ3n) is 2.38. The number of nitrogens with one attached hydrogen (secondary N) is 1. The van der Waals surface area contributed by atoms with E-state index >= 15 is 0 Å². The molecule has 2 heterocycles. The van der Waals surface area contributed by atoms with Gasteiger partial charge in [0.05, 0.1) is 10.2 Å². The molecule has 1 aromatic rings. The number of pyridine rings is 1. The molecule has 1 aromatic heterocycles. The molecule has 1 atom stereocenters. The Hall–Kier alpha value is -0.220. The van der Waals surface area contributed by atoms with E-state index in [1.165, 1.54) is 17.9 Å². The lowest BCUT2D eigenvalue weighted by molar-refractivity contribution is 0.631. The summed E-state index contributed by atoms with van der Waals surface area (Å²) in [4.78, 5) is 4.03. The number of rotatable bonds is 3. The molecule has 0 amide bonds. The highest BCUT2D eigenvalue weighted by atomic mass is 79.9. The Morgan fingerprint density at radius 3 is 3.29 bits per heavy atom.